The van der Waals surface area contributed by atoms with Gasteiger partial charge in [-0.15, -0.1) is 0 Å². The van der Waals surface area contributed by atoms with Crippen LogP contribution in [0.3, 0.4) is 0 Å². The van der Waals surface area contributed by atoms with E-state index >= 15 is 0 Å². The number of sulfonamides is 2. The zero-order chi connectivity index (χ0) is 20.7. The molecule has 12 heteroatoms. The first-order valence-corrected chi connectivity index (χ1v) is 11.4. The third-order valence-corrected chi connectivity index (χ3v) is 8.30. The summed E-state index contributed by atoms with van der Waals surface area (Å²) in [7, 11) is -6.51. The van der Waals surface area contributed by atoms with Crippen LogP contribution in [0.4, 0.5) is 8.78 Å². The van der Waals surface area contributed by atoms with E-state index in [-0.39, 0.29) is 37.6 Å². The summed E-state index contributed by atoms with van der Waals surface area (Å²) >= 11 is 0. The van der Waals surface area contributed by atoms with Gasteiger partial charge in [0.2, 0.25) is 10.0 Å². The summed E-state index contributed by atoms with van der Waals surface area (Å²) in [6.45, 7) is 1.46. The van der Waals surface area contributed by atoms with Gasteiger partial charge in [-0.25, -0.2) is 30.6 Å². The molecular weight excluding hydrogens is 414 g/mol. The van der Waals surface area contributed by atoms with Crippen LogP contribution in [-0.4, -0.2) is 61.2 Å². The van der Waals surface area contributed by atoms with Crippen molar-refractivity contribution in [3.8, 4) is 0 Å². The number of halogens is 2. The Bertz CT molecular complexity index is 1080. The fourth-order valence-corrected chi connectivity index (χ4v) is 5.99. The summed E-state index contributed by atoms with van der Waals surface area (Å²) in [5, 5.41) is -0.111. The topological polar surface area (TPSA) is 92.6 Å². The monoisotopic (exact) mass is 434 g/mol. The van der Waals surface area contributed by atoms with E-state index in [1.54, 1.807) is 18.5 Å². The van der Waals surface area contributed by atoms with Crippen molar-refractivity contribution in [3.05, 3.63) is 41.9 Å². The molecule has 154 valence electrons. The third-order valence-electron chi connectivity index (χ3n) is 4.62. The molecule has 8 nitrogen and oxygen atoms in total. The number of hydrogen-bond donors (Lipinski definition) is 0. The fourth-order valence-electron chi connectivity index (χ4n) is 2.95. The van der Waals surface area contributed by atoms with E-state index in [9.17, 15) is 25.6 Å². The second-order valence-corrected chi connectivity index (χ2v) is 10.3. The molecule has 1 aliphatic heterocycles. The molecule has 0 amide bonds. The molecule has 2 heterocycles. The summed E-state index contributed by atoms with van der Waals surface area (Å²) in [6, 6.07) is 2.21. The molecule has 0 spiro atoms. The molecule has 2 aromatic rings. The Kier molecular flexibility index (Phi) is 5.58. The van der Waals surface area contributed by atoms with Crippen molar-refractivity contribution in [1.29, 1.82) is 0 Å². The van der Waals surface area contributed by atoms with Crippen molar-refractivity contribution < 1.29 is 25.6 Å². The van der Waals surface area contributed by atoms with Crippen molar-refractivity contribution in [2.75, 3.05) is 26.2 Å². The van der Waals surface area contributed by atoms with Crippen molar-refractivity contribution in [2.45, 2.75) is 23.3 Å². The Morgan fingerprint density at radius 3 is 2.14 bits per heavy atom. The number of hydrogen-bond acceptors (Lipinski definition) is 5. The molecular formula is C16H20F2N4O4S2. The number of imidazole rings is 1. The van der Waals surface area contributed by atoms with E-state index in [2.05, 4.69) is 4.98 Å². The molecule has 0 N–H and O–H groups in total. The summed E-state index contributed by atoms with van der Waals surface area (Å²) in [5.41, 5.74) is 0. The highest BCUT2D eigenvalue weighted by molar-refractivity contribution is 7.89. The Labute approximate surface area is 162 Å². The number of aromatic nitrogens is 2. The molecule has 0 atom stereocenters. The SMILES string of the molecule is Cc1nc(S(=O)(=O)N2CCCN(S(=O)(=O)c3cc(F)ccc3F)CC2)cn1C. The second-order valence-electron chi connectivity index (χ2n) is 6.47. The first-order chi connectivity index (χ1) is 13.0. The first kappa shape index (κ1) is 20.8. The third kappa shape index (κ3) is 3.81. The predicted molar refractivity (Wildman–Crippen MR) is 96.4 cm³/mol. The normalized spacial score (nSPS) is 17.6. The first-order valence-electron chi connectivity index (χ1n) is 8.49. The lowest BCUT2D eigenvalue weighted by molar-refractivity contribution is 0.401. The summed E-state index contributed by atoms with van der Waals surface area (Å²) in [6.07, 6.45) is 1.60. The predicted octanol–water partition coefficient (Wildman–Crippen LogP) is 1.09. The lowest BCUT2D eigenvalue weighted by atomic mass is 10.3. The van der Waals surface area contributed by atoms with Crippen LogP contribution in [-0.2, 0) is 27.1 Å². The second kappa shape index (κ2) is 7.50. The quantitative estimate of drug-likeness (QED) is 0.718. The van der Waals surface area contributed by atoms with Crippen LogP contribution < -0.4 is 0 Å². The minimum atomic E-state index is -4.30. The van der Waals surface area contributed by atoms with Crippen LogP contribution in [0.5, 0.6) is 0 Å². The van der Waals surface area contributed by atoms with Gasteiger partial charge in [-0.05, 0) is 31.5 Å². The zero-order valence-corrected chi connectivity index (χ0v) is 17.0. The summed E-state index contributed by atoms with van der Waals surface area (Å²) in [4.78, 5) is 3.27. The summed E-state index contributed by atoms with van der Waals surface area (Å²) < 4.78 is 82.1. The highest BCUT2D eigenvalue weighted by Crippen LogP contribution is 2.23. The molecule has 0 bridgehead atoms. The van der Waals surface area contributed by atoms with Crippen molar-refractivity contribution in [3.63, 3.8) is 0 Å². The maximum atomic E-state index is 14.0. The van der Waals surface area contributed by atoms with Crippen LogP contribution in [0, 0.1) is 18.6 Å². The molecule has 1 fully saturated rings. The lowest BCUT2D eigenvalue weighted by Crippen LogP contribution is -2.37. The van der Waals surface area contributed by atoms with Crippen LogP contribution in [0.15, 0.2) is 34.3 Å². The molecule has 1 aliphatic rings. The van der Waals surface area contributed by atoms with Crippen LogP contribution in [0.2, 0.25) is 0 Å². The van der Waals surface area contributed by atoms with Gasteiger partial charge in [0, 0.05) is 39.4 Å². The number of benzene rings is 1. The van der Waals surface area contributed by atoms with Gasteiger partial charge in [-0.1, -0.05) is 0 Å². The van der Waals surface area contributed by atoms with Crippen molar-refractivity contribution in [1.82, 2.24) is 18.2 Å². The Hall–Kier alpha value is -1.89. The average molecular weight is 434 g/mol. The Morgan fingerprint density at radius 1 is 0.964 bits per heavy atom. The smallest absolute Gasteiger partial charge is 0.262 e. The van der Waals surface area contributed by atoms with Gasteiger partial charge in [-0.3, -0.25) is 0 Å². The van der Waals surface area contributed by atoms with E-state index < -0.39 is 36.6 Å². The van der Waals surface area contributed by atoms with Crippen LogP contribution >= 0.6 is 0 Å². The van der Waals surface area contributed by atoms with Gasteiger partial charge in [0.15, 0.2) is 5.03 Å². The zero-order valence-electron chi connectivity index (χ0n) is 15.3. The standard InChI is InChI=1S/C16H20F2N4O4S2/c1-12-19-16(11-20(12)2)28(25,26)22-7-3-6-21(8-9-22)27(23,24)15-10-13(17)4-5-14(15)18/h4-5,10-11H,3,6-9H2,1-2H3. The van der Waals surface area contributed by atoms with Gasteiger partial charge >= 0.3 is 0 Å². The minimum Gasteiger partial charge on any atom is -0.337 e. The molecule has 28 heavy (non-hydrogen) atoms. The molecule has 0 unspecified atom stereocenters. The summed E-state index contributed by atoms with van der Waals surface area (Å²) in [5.74, 6) is -1.40. The molecule has 3 rings (SSSR count). The van der Waals surface area contributed by atoms with E-state index in [0.29, 0.717) is 11.9 Å². The van der Waals surface area contributed by atoms with E-state index in [4.69, 9.17) is 0 Å². The van der Waals surface area contributed by atoms with Gasteiger partial charge in [-0.2, -0.15) is 8.61 Å². The van der Waals surface area contributed by atoms with E-state index in [1.165, 1.54) is 6.20 Å². The number of rotatable bonds is 4. The highest BCUT2D eigenvalue weighted by Gasteiger charge is 2.34. The Balaban J connectivity index is 1.84. The molecule has 0 saturated carbocycles. The molecule has 1 saturated heterocycles. The molecule has 1 aromatic heterocycles. The molecule has 1 aromatic carbocycles. The number of nitrogens with zero attached hydrogens (tertiary/aromatic N) is 4. The highest BCUT2D eigenvalue weighted by atomic mass is 32.2. The van der Waals surface area contributed by atoms with Gasteiger partial charge in [0.25, 0.3) is 10.0 Å². The van der Waals surface area contributed by atoms with Gasteiger partial charge in [0.05, 0.1) is 0 Å². The van der Waals surface area contributed by atoms with E-state index in [1.807, 2.05) is 0 Å². The van der Waals surface area contributed by atoms with Crippen molar-refractivity contribution in [2.24, 2.45) is 7.05 Å². The van der Waals surface area contributed by atoms with E-state index in [0.717, 1.165) is 20.7 Å². The molecule has 0 radical (unpaired) electrons. The maximum absolute atomic E-state index is 14.0. The van der Waals surface area contributed by atoms with Crippen LogP contribution in [0.1, 0.15) is 12.2 Å². The lowest BCUT2D eigenvalue weighted by Gasteiger charge is -2.21. The molecule has 0 aliphatic carbocycles. The minimum absolute atomic E-state index is 0.00838. The maximum Gasteiger partial charge on any atom is 0.262 e. The largest absolute Gasteiger partial charge is 0.337 e. The number of aryl methyl sites for hydroxylation is 2. The average Bonchev–Trinajstić information content (AvgIpc) is 2.84. The van der Waals surface area contributed by atoms with Crippen LogP contribution in [0.25, 0.3) is 0 Å². The van der Waals surface area contributed by atoms with Gasteiger partial charge in [0.1, 0.15) is 22.4 Å². The van der Waals surface area contributed by atoms with Gasteiger partial charge < -0.3 is 4.57 Å². The Morgan fingerprint density at radius 2 is 1.57 bits per heavy atom. The fraction of sp³-hybridized carbons (Fsp3) is 0.438. The van der Waals surface area contributed by atoms with Crippen molar-refractivity contribution >= 4 is 20.0 Å².